The van der Waals surface area contributed by atoms with Gasteiger partial charge in [0.2, 0.25) is 0 Å². The van der Waals surface area contributed by atoms with Crippen molar-refractivity contribution in [3.8, 4) is 11.1 Å². The third-order valence-corrected chi connectivity index (χ3v) is 7.18. The summed E-state index contributed by atoms with van der Waals surface area (Å²) in [4.78, 5) is 20.4. The van der Waals surface area contributed by atoms with E-state index in [4.69, 9.17) is 16.6 Å². The second-order valence-electron chi connectivity index (χ2n) is 9.62. The summed E-state index contributed by atoms with van der Waals surface area (Å²) in [6.07, 6.45) is 7.95. The number of carbonyl (C=O) groups is 1. The van der Waals surface area contributed by atoms with Gasteiger partial charge in [0.1, 0.15) is 5.82 Å². The highest BCUT2D eigenvalue weighted by Crippen LogP contribution is 2.30. The molecule has 0 saturated carbocycles. The number of nitrogens with one attached hydrogen (secondary N) is 2. The lowest BCUT2D eigenvalue weighted by molar-refractivity contribution is 0.0697. The molecule has 0 saturated heterocycles. The van der Waals surface area contributed by atoms with Gasteiger partial charge in [-0.25, -0.2) is 9.78 Å². The van der Waals surface area contributed by atoms with Crippen molar-refractivity contribution in [1.82, 2.24) is 15.3 Å². The van der Waals surface area contributed by atoms with Crippen molar-refractivity contribution in [3.63, 3.8) is 0 Å². The number of fused-ring (bicyclic) bond motifs is 3. The second-order valence-corrected chi connectivity index (χ2v) is 10.0. The molecule has 0 atom stereocenters. The Morgan fingerprint density at radius 2 is 1.67 bits per heavy atom. The minimum atomic E-state index is -0.959. The molecule has 0 spiro atoms. The highest BCUT2D eigenvalue weighted by Gasteiger charge is 2.11. The predicted octanol–water partition coefficient (Wildman–Crippen LogP) is 7.56. The number of carboxylic acid groups (broad SMARTS) is 1. The molecule has 3 N–H and O–H groups in total. The highest BCUT2D eigenvalue weighted by atomic mass is 35.5. The number of rotatable bonds is 12. The molecule has 0 aliphatic carbocycles. The lowest BCUT2D eigenvalue weighted by Crippen LogP contribution is -2.14. The molecule has 6 nitrogen and oxygen atoms in total. The molecule has 0 bridgehead atoms. The highest BCUT2D eigenvalue weighted by molar-refractivity contribution is 6.33. The van der Waals surface area contributed by atoms with Gasteiger partial charge in [-0.3, -0.25) is 4.98 Å². The maximum atomic E-state index is 11.4. The number of nitrogens with zero attached hydrogens (tertiary/aromatic N) is 2. The van der Waals surface area contributed by atoms with Gasteiger partial charge in [-0.2, -0.15) is 0 Å². The van der Waals surface area contributed by atoms with Crippen LogP contribution in [0.1, 0.15) is 41.6 Å². The molecule has 2 heterocycles. The summed E-state index contributed by atoms with van der Waals surface area (Å²) in [6, 6.07) is 23.5. The number of benzene rings is 3. The molecular formula is C32H31ClN4O2. The van der Waals surface area contributed by atoms with E-state index in [0.29, 0.717) is 5.52 Å². The van der Waals surface area contributed by atoms with E-state index < -0.39 is 5.97 Å². The van der Waals surface area contributed by atoms with E-state index in [9.17, 15) is 9.90 Å². The Kier molecular flexibility index (Phi) is 8.66. The maximum Gasteiger partial charge on any atom is 0.335 e. The minimum Gasteiger partial charge on any atom is -0.478 e. The first-order valence-corrected chi connectivity index (χ1v) is 13.7. The van der Waals surface area contributed by atoms with Gasteiger partial charge >= 0.3 is 5.97 Å². The van der Waals surface area contributed by atoms with Crippen LogP contribution >= 0.6 is 11.6 Å². The van der Waals surface area contributed by atoms with Crippen molar-refractivity contribution in [1.29, 1.82) is 0 Å². The first kappa shape index (κ1) is 26.6. The van der Waals surface area contributed by atoms with Crippen LogP contribution in [0.25, 0.3) is 32.8 Å². The van der Waals surface area contributed by atoms with Gasteiger partial charge in [0.05, 0.1) is 11.1 Å². The Morgan fingerprint density at radius 1 is 0.846 bits per heavy atom. The van der Waals surface area contributed by atoms with E-state index in [2.05, 4.69) is 39.9 Å². The fourth-order valence-corrected chi connectivity index (χ4v) is 5.12. The van der Waals surface area contributed by atoms with Gasteiger partial charge in [0.25, 0.3) is 0 Å². The lowest BCUT2D eigenvalue weighted by Gasteiger charge is -2.12. The summed E-state index contributed by atoms with van der Waals surface area (Å²) in [5, 5.41) is 20.0. The molecule has 2 aromatic heterocycles. The molecule has 0 fully saturated rings. The summed E-state index contributed by atoms with van der Waals surface area (Å²) >= 11 is 6.53. The Bertz CT molecular complexity index is 1590. The average Bonchev–Trinajstić information content (AvgIpc) is 2.96. The number of aromatic nitrogens is 2. The fraction of sp³-hybridized carbons (Fsp3) is 0.219. The van der Waals surface area contributed by atoms with Gasteiger partial charge < -0.3 is 15.7 Å². The molecule has 7 heteroatoms. The van der Waals surface area contributed by atoms with E-state index in [1.165, 1.54) is 5.56 Å². The molecule has 0 aliphatic heterocycles. The lowest BCUT2D eigenvalue weighted by atomic mass is 10.0. The van der Waals surface area contributed by atoms with Crippen molar-refractivity contribution < 1.29 is 9.90 Å². The zero-order chi connectivity index (χ0) is 27.0. The number of halogens is 1. The molecule has 0 radical (unpaired) electrons. The molecular weight excluding hydrogens is 508 g/mol. The summed E-state index contributed by atoms with van der Waals surface area (Å²) in [6.45, 7) is 2.56. The normalized spacial score (nSPS) is 11.2. The number of aromatic carboxylic acids is 1. The minimum absolute atomic E-state index is 0.227. The van der Waals surface area contributed by atoms with Crippen LogP contribution in [0.3, 0.4) is 0 Å². The molecule has 3 aromatic carbocycles. The standard InChI is InChI=1S/C32H31ClN4O2/c33-29-18-22(10-12-25(29)23-8-4-3-5-9-23)20-34-15-6-1-2-7-16-36-31-27-14-17-35-21-28(27)26-13-11-24(32(38)39)19-30(26)37-31/h3-5,8-14,17-19,21,34H,1-2,6-7,15-16,20H2,(H,36,37)(H,38,39). The van der Waals surface area contributed by atoms with Crippen LogP contribution in [0.4, 0.5) is 5.82 Å². The summed E-state index contributed by atoms with van der Waals surface area (Å²) in [5.41, 5.74) is 4.25. The van der Waals surface area contributed by atoms with Crippen LogP contribution in [-0.4, -0.2) is 34.1 Å². The largest absolute Gasteiger partial charge is 0.478 e. The zero-order valence-electron chi connectivity index (χ0n) is 21.7. The van der Waals surface area contributed by atoms with Gasteiger partial charge in [-0.15, -0.1) is 0 Å². The smallest absolute Gasteiger partial charge is 0.335 e. The molecule has 198 valence electrons. The first-order chi connectivity index (χ1) is 19.1. The van der Waals surface area contributed by atoms with Gasteiger partial charge in [-0.1, -0.05) is 73.0 Å². The number of hydrogen-bond acceptors (Lipinski definition) is 5. The molecule has 5 aromatic rings. The van der Waals surface area contributed by atoms with Crippen LogP contribution in [0.15, 0.2) is 85.2 Å². The molecule has 0 amide bonds. The van der Waals surface area contributed by atoms with Gasteiger partial charge in [0.15, 0.2) is 0 Å². The van der Waals surface area contributed by atoms with E-state index in [1.807, 2.05) is 42.6 Å². The van der Waals surface area contributed by atoms with Crippen LogP contribution < -0.4 is 10.6 Å². The Hall–Kier alpha value is -4.00. The molecule has 0 aliphatic rings. The van der Waals surface area contributed by atoms with Crippen molar-refractivity contribution in [2.24, 2.45) is 0 Å². The number of anilines is 1. The quantitative estimate of drug-likeness (QED) is 0.112. The van der Waals surface area contributed by atoms with Crippen molar-refractivity contribution >= 4 is 45.1 Å². The third kappa shape index (κ3) is 6.53. The van der Waals surface area contributed by atoms with Crippen molar-refractivity contribution in [2.45, 2.75) is 32.2 Å². The number of carboxylic acids is 1. The molecule has 39 heavy (non-hydrogen) atoms. The van der Waals surface area contributed by atoms with E-state index in [0.717, 1.165) is 83.4 Å². The van der Waals surface area contributed by atoms with Crippen LogP contribution in [0.2, 0.25) is 5.02 Å². The van der Waals surface area contributed by atoms with Crippen molar-refractivity contribution in [2.75, 3.05) is 18.4 Å². The van der Waals surface area contributed by atoms with Gasteiger partial charge in [-0.05, 0) is 54.8 Å². The summed E-state index contributed by atoms with van der Waals surface area (Å²) in [5.74, 6) is -0.195. The van der Waals surface area contributed by atoms with Crippen LogP contribution in [0.5, 0.6) is 0 Å². The number of hydrogen-bond donors (Lipinski definition) is 3. The topological polar surface area (TPSA) is 87.1 Å². The van der Waals surface area contributed by atoms with E-state index in [1.54, 1.807) is 18.3 Å². The zero-order valence-corrected chi connectivity index (χ0v) is 22.4. The maximum absolute atomic E-state index is 11.4. The van der Waals surface area contributed by atoms with E-state index in [-0.39, 0.29) is 5.56 Å². The average molecular weight is 539 g/mol. The SMILES string of the molecule is O=C(O)c1ccc2c(c1)nc(NCCCCCCNCc1ccc(-c3ccccc3)c(Cl)c1)c1ccncc12. The summed E-state index contributed by atoms with van der Waals surface area (Å²) in [7, 11) is 0. The predicted molar refractivity (Wildman–Crippen MR) is 160 cm³/mol. The van der Waals surface area contributed by atoms with Crippen LogP contribution in [0, 0.1) is 0 Å². The molecule has 5 rings (SSSR count). The number of unbranched alkanes of at least 4 members (excludes halogenated alkanes) is 3. The van der Waals surface area contributed by atoms with Crippen molar-refractivity contribution in [3.05, 3.63) is 101 Å². The Balaban J connectivity index is 1.06. The summed E-state index contributed by atoms with van der Waals surface area (Å²) < 4.78 is 0. The first-order valence-electron chi connectivity index (χ1n) is 13.3. The third-order valence-electron chi connectivity index (χ3n) is 6.86. The fourth-order valence-electron chi connectivity index (χ4n) is 4.80. The molecule has 0 unspecified atom stereocenters. The monoisotopic (exact) mass is 538 g/mol. The Labute approximate surface area is 233 Å². The Morgan fingerprint density at radius 3 is 2.46 bits per heavy atom. The van der Waals surface area contributed by atoms with E-state index >= 15 is 0 Å². The van der Waals surface area contributed by atoms with Crippen LogP contribution in [-0.2, 0) is 6.54 Å². The second kappa shape index (κ2) is 12.7. The number of pyridine rings is 2. The van der Waals surface area contributed by atoms with Gasteiger partial charge in [0, 0.05) is 52.2 Å².